The van der Waals surface area contributed by atoms with Crippen LogP contribution in [0.15, 0.2) is 24.3 Å². The third-order valence-electron chi connectivity index (χ3n) is 4.55. The van der Waals surface area contributed by atoms with Gasteiger partial charge in [-0.05, 0) is 43.7 Å². The molecule has 1 N–H and O–H groups in total. The highest BCUT2D eigenvalue weighted by Crippen LogP contribution is 2.26. The van der Waals surface area contributed by atoms with E-state index >= 15 is 0 Å². The molecule has 0 heterocycles. The van der Waals surface area contributed by atoms with E-state index in [-0.39, 0.29) is 0 Å². The van der Waals surface area contributed by atoms with Gasteiger partial charge in [0, 0.05) is 19.2 Å². The fourth-order valence-corrected chi connectivity index (χ4v) is 3.15. The van der Waals surface area contributed by atoms with Crippen LogP contribution in [-0.2, 0) is 17.9 Å². The molecule has 2 rings (SSSR count). The quantitative estimate of drug-likeness (QED) is 0.802. The van der Waals surface area contributed by atoms with Gasteiger partial charge in [0.05, 0.1) is 6.61 Å². The van der Waals surface area contributed by atoms with E-state index in [0.717, 1.165) is 25.7 Å². The first-order chi connectivity index (χ1) is 9.81. The van der Waals surface area contributed by atoms with Gasteiger partial charge in [0.15, 0.2) is 0 Å². The van der Waals surface area contributed by atoms with Crippen molar-refractivity contribution >= 4 is 0 Å². The van der Waals surface area contributed by atoms with E-state index in [2.05, 4.69) is 36.5 Å². The average molecular weight is 275 g/mol. The summed E-state index contributed by atoms with van der Waals surface area (Å²) in [6, 6.07) is 9.24. The third kappa shape index (κ3) is 4.60. The SMILES string of the molecule is CCOCc1ccccc1CNC(C)C1CCCCC1. The molecule has 0 bridgehead atoms. The van der Waals surface area contributed by atoms with E-state index in [1.54, 1.807) is 0 Å². The zero-order valence-electron chi connectivity index (χ0n) is 13.0. The Morgan fingerprint density at radius 3 is 2.55 bits per heavy atom. The minimum absolute atomic E-state index is 0.621. The lowest BCUT2D eigenvalue weighted by molar-refractivity contribution is 0.133. The summed E-state index contributed by atoms with van der Waals surface area (Å²) in [5.74, 6) is 0.864. The Hall–Kier alpha value is -0.860. The summed E-state index contributed by atoms with van der Waals surface area (Å²) >= 11 is 0. The number of hydrogen-bond acceptors (Lipinski definition) is 2. The van der Waals surface area contributed by atoms with Gasteiger partial charge in [-0.2, -0.15) is 0 Å². The Kier molecular flexibility index (Phi) is 6.55. The smallest absolute Gasteiger partial charge is 0.0719 e. The molecule has 2 heteroatoms. The van der Waals surface area contributed by atoms with E-state index in [4.69, 9.17) is 4.74 Å². The first-order valence-electron chi connectivity index (χ1n) is 8.19. The first-order valence-corrected chi connectivity index (χ1v) is 8.19. The fourth-order valence-electron chi connectivity index (χ4n) is 3.15. The third-order valence-corrected chi connectivity index (χ3v) is 4.55. The van der Waals surface area contributed by atoms with Crippen molar-refractivity contribution in [2.45, 2.75) is 65.1 Å². The summed E-state index contributed by atoms with van der Waals surface area (Å²) in [7, 11) is 0. The maximum Gasteiger partial charge on any atom is 0.0719 e. The molecule has 0 spiro atoms. The number of ether oxygens (including phenoxy) is 1. The molecule has 2 nitrogen and oxygen atoms in total. The van der Waals surface area contributed by atoms with Gasteiger partial charge in [0.2, 0.25) is 0 Å². The minimum Gasteiger partial charge on any atom is -0.377 e. The number of rotatable bonds is 7. The Bertz CT molecular complexity index is 385. The molecule has 1 atom stereocenters. The van der Waals surface area contributed by atoms with Crippen molar-refractivity contribution < 1.29 is 4.74 Å². The second-order valence-corrected chi connectivity index (χ2v) is 5.97. The Morgan fingerprint density at radius 1 is 1.15 bits per heavy atom. The molecule has 112 valence electrons. The highest BCUT2D eigenvalue weighted by molar-refractivity contribution is 5.26. The lowest BCUT2D eigenvalue weighted by Crippen LogP contribution is -2.34. The maximum absolute atomic E-state index is 5.56. The van der Waals surface area contributed by atoms with Gasteiger partial charge in [0.1, 0.15) is 0 Å². The second kappa shape index (κ2) is 8.43. The molecular weight excluding hydrogens is 246 g/mol. The molecule has 20 heavy (non-hydrogen) atoms. The van der Waals surface area contributed by atoms with E-state index in [9.17, 15) is 0 Å². The fraction of sp³-hybridized carbons (Fsp3) is 0.667. The summed E-state index contributed by atoms with van der Waals surface area (Å²) in [5, 5.41) is 3.73. The Balaban J connectivity index is 1.86. The van der Waals surface area contributed by atoms with Crippen LogP contribution in [0.3, 0.4) is 0 Å². The number of nitrogens with one attached hydrogen (secondary N) is 1. The largest absolute Gasteiger partial charge is 0.377 e. The summed E-state index contributed by atoms with van der Waals surface area (Å²) in [6.07, 6.45) is 7.05. The Morgan fingerprint density at radius 2 is 1.85 bits per heavy atom. The van der Waals surface area contributed by atoms with Crippen LogP contribution >= 0.6 is 0 Å². The van der Waals surface area contributed by atoms with Crippen LogP contribution in [0.25, 0.3) is 0 Å². The molecule has 0 radical (unpaired) electrons. The summed E-state index contributed by atoms with van der Waals surface area (Å²) in [5.41, 5.74) is 2.70. The van der Waals surface area contributed by atoms with Gasteiger partial charge < -0.3 is 10.1 Å². The van der Waals surface area contributed by atoms with Crippen LogP contribution < -0.4 is 5.32 Å². The maximum atomic E-state index is 5.56. The molecular formula is C18H29NO. The van der Waals surface area contributed by atoms with Crippen molar-refractivity contribution in [3.63, 3.8) is 0 Å². The van der Waals surface area contributed by atoms with Crippen molar-refractivity contribution in [3.8, 4) is 0 Å². The topological polar surface area (TPSA) is 21.3 Å². The summed E-state index contributed by atoms with van der Waals surface area (Å²) in [6.45, 7) is 6.86. The summed E-state index contributed by atoms with van der Waals surface area (Å²) < 4.78 is 5.56. The second-order valence-electron chi connectivity index (χ2n) is 5.97. The molecule has 0 amide bonds. The molecule has 0 aliphatic heterocycles. The van der Waals surface area contributed by atoms with Crippen molar-refractivity contribution in [2.24, 2.45) is 5.92 Å². The number of hydrogen-bond donors (Lipinski definition) is 1. The highest BCUT2D eigenvalue weighted by atomic mass is 16.5. The molecule has 1 saturated carbocycles. The predicted octanol–water partition coefficient (Wildman–Crippen LogP) is 4.28. The predicted molar refractivity (Wildman–Crippen MR) is 84.6 cm³/mol. The summed E-state index contributed by atoms with van der Waals surface area (Å²) in [4.78, 5) is 0. The van der Waals surface area contributed by atoms with Crippen LogP contribution in [0.4, 0.5) is 0 Å². The first kappa shape index (κ1) is 15.5. The zero-order chi connectivity index (χ0) is 14.2. The Labute approximate surface area is 123 Å². The van der Waals surface area contributed by atoms with Crippen molar-refractivity contribution in [2.75, 3.05) is 6.61 Å². The van der Waals surface area contributed by atoms with Crippen LogP contribution in [0.1, 0.15) is 57.1 Å². The molecule has 1 aliphatic rings. The van der Waals surface area contributed by atoms with Gasteiger partial charge in [-0.1, -0.05) is 43.5 Å². The zero-order valence-corrected chi connectivity index (χ0v) is 13.0. The monoisotopic (exact) mass is 275 g/mol. The number of benzene rings is 1. The van der Waals surface area contributed by atoms with Crippen LogP contribution in [0.5, 0.6) is 0 Å². The van der Waals surface area contributed by atoms with Gasteiger partial charge in [0.25, 0.3) is 0 Å². The molecule has 1 fully saturated rings. The van der Waals surface area contributed by atoms with Crippen molar-refractivity contribution in [1.29, 1.82) is 0 Å². The van der Waals surface area contributed by atoms with E-state index in [1.807, 2.05) is 6.92 Å². The molecule has 0 aromatic heterocycles. The van der Waals surface area contributed by atoms with Crippen LogP contribution in [-0.4, -0.2) is 12.6 Å². The molecule has 1 aromatic rings. The highest BCUT2D eigenvalue weighted by Gasteiger charge is 2.19. The standard InChI is InChI=1S/C18H29NO/c1-3-20-14-18-12-8-7-11-17(18)13-19-15(2)16-9-5-4-6-10-16/h7-8,11-12,15-16,19H,3-6,9-10,13-14H2,1-2H3. The lowest BCUT2D eigenvalue weighted by Gasteiger charge is -2.28. The molecule has 1 aromatic carbocycles. The van der Waals surface area contributed by atoms with Crippen LogP contribution in [0, 0.1) is 5.92 Å². The van der Waals surface area contributed by atoms with Crippen molar-refractivity contribution in [1.82, 2.24) is 5.32 Å². The van der Waals surface area contributed by atoms with E-state index in [1.165, 1.54) is 43.2 Å². The molecule has 1 unspecified atom stereocenters. The van der Waals surface area contributed by atoms with Crippen LogP contribution in [0.2, 0.25) is 0 Å². The van der Waals surface area contributed by atoms with E-state index in [0.29, 0.717) is 6.04 Å². The van der Waals surface area contributed by atoms with E-state index < -0.39 is 0 Å². The minimum atomic E-state index is 0.621. The van der Waals surface area contributed by atoms with Gasteiger partial charge in [-0.15, -0.1) is 0 Å². The molecule has 1 aliphatic carbocycles. The van der Waals surface area contributed by atoms with Gasteiger partial charge in [-0.25, -0.2) is 0 Å². The average Bonchev–Trinajstić information content (AvgIpc) is 2.52. The van der Waals surface area contributed by atoms with Gasteiger partial charge in [-0.3, -0.25) is 0 Å². The molecule has 0 saturated heterocycles. The van der Waals surface area contributed by atoms with Crippen molar-refractivity contribution in [3.05, 3.63) is 35.4 Å². The van der Waals surface area contributed by atoms with Gasteiger partial charge >= 0.3 is 0 Å². The lowest BCUT2D eigenvalue weighted by atomic mass is 9.84. The normalized spacial score (nSPS) is 18.1.